The smallest absolute Gasteiger partial charge is 0.0990 e. The molecule has 0 amide bonds. The molecule has 0 atom stereocenters. The molecule has 0 aromatic heterocycles. The van der Waals surface area contributed by atoms with Crippen LogP contribution in [0.5, 0.6) is 0 Å². The zero-order valence-corrected chi connectivity index (χ0v) is 12.7. The van der Waals surface area contributed by atoms with Crippen LogP contribution in [-0.4, -0.2) is 76.0 Å². The van der Waals surface area contributed by atoms with Crippen LogP contribution in [-0.2, 0) is 0 Å². The lowest BCUT2D eigenvalue weighted by Gasteiger charge is -2.26. The van der Waals surface area contributed by atoms with E-state index >= 15 is 0 Å². The topological polar surface area (TPSA) is 13.0 Å². The lowest BCUT2D eigenvalue weighted by molar-refractivity contribution is 0.336. The molecule has 0 aromatic carbocycles. The standard InChI is InChI=1S/C13H28N4/c1-14(2)12(15(3)4)10-9-11-13(16(5)6)17(7)8/h10-11H,9H2,1-8H3. The zero-order valence-electron chi connectivity index (χ0n) is 12.7. The molecule has 100 valence electrons. The highest BCUT2D eigenvalue weighted by atomic mass is 15.3. The van der Waals surface area contributed by atoms with Crippen molar-refractivity contribution in [1.29, 1.82) is 0 Å². The van der Waals surface area contributed by atoms with Crippen LogP contribution in [0.4, 0.5) is 0 Å². The summed E-state index contributed by atoms with van der Waals surface area (Å²) in [5, 5.41) is 0. The van der Waals surface area contributed by atoms with E-state index in [0.717, 1.165) is 6.42 Å². The highest BCUT2D eigenvalue weighted by molar-refractivity contribution is 5.05. The molecule has 4 heteroatoms. The van der Waals surface area contributed by atoms with Gasteiger partial charge in [-0.1, -0.05) is 0 Å². The van der Waals surface area contributed by atoms with Crippen molar-refractivity contribution in [1.82, 2.24) is 19.6 Å². The second kappa shape index (κ2) is 7.09. The van der Waals surface area contributed by atoms with Gasteiger partial charge in [-0.3, -0.25) is 0 Å². The summed E-state index contributed by atoms with van der Waals surface area (Å²) in [5.74, 6) is 2.44. The Hall–Kier alpha value is -1.32. The first-order valence-corrected chi connectivity index (χ1v) is 5.87. The van der Waals surface area contributed by atoms with E-state index in [4.69, 9.17) is 0 Å². The van der Waals surface area contributed by atoms with Crippen LogP contribution in [0.1, 0.15) is 6.42 Å². The van der Waals surface area contributed by atoms with Crippen LogP contribution in [0.25, 0.3) is 0 Å². The Labute approximate surface area is 107 Å². The predicted molar refractivity (Wildman–Crippen MR) is 75.5 cm³/mol. The van der Waals surface area contributed by atoms with Crippen molar-refractivity contribution in [3.05, 3.63) is 23.8 Å². The quantitative estimate of drug-likeness (QED) is 0.694. The Morgan fingerprint density at radius 2 is 0.824 bits per heavy atom. The Morgan fingerprint density at radius 1 is 0.588 bits per heavy atom. The SMILES string of the molecule is CN(C)C(=CCC=C(N(C)C)N(C)C)N(C)C. The van der Waals surface area contributed by atoms with E-state index in [1.807, 2.05) is 0 Å². The average molecular weight is 240 g/mol. The third kappa shape index (κ3) is 5.52. The summed E-state index contributed by atoms with van der Waals surface area (Å²) in [7, 11) is 16.5. The second-order valence-electron chi connectivity index (χ2n) is 4.94. The largest absolute Gasteiger partial charge is 0.365 e. The molecule has 0 aromatic rings. The maximum absolute atomic E-state index is 2.23. The maximum Gasteiger partial charge on any atom is 0.0990 e. The number of nitrogens with zero attached hydrogens (tertiary/aromatic N) is 4. The molecular weight excluding hydrogens is 212 g/mol. The number of hydrogen-bond donors (Lipinski definition) is 0. The van der Waals surface area contributed by atoms with E-state index in [2.05, 4.69) is 88.1 Å². The molecule has 0 rings (SSSR count). The van der Waals surface area contributed by atoms with Crippen LogP contribution >= 0.6 is 0 Å². The summed E-state index contributed by atoms with van der Waals surface area (Å²) in [6, 6.07) is 0. The third-order valence-corrected chi connectivity index (χ3v) is 2.43. The van der Waals surface area contributed by atoms with Gasteiger partial charge in [-0.15, -0.1) is 0 Å². The van der Waals surface area contributed by atoms with Crippen LogP contribution in [0, 0.1) is 0 Å². The van der Waals surface area contributed by atoms with Gasteiger partial charge >= 0.3 is 0 Å². The van der Waals surface area contributed by atoms with Crippen molar-refractivity contribution in [2.75, 3.05) is 56.4 Å². The Balaban J connectivity index is 4.73. The van der Waals surface area contributed by atoms with Crippen molar-refractivity contribution < 1.29 is 0 Å². The molecule has 0 spiro atoms. The zero-order chi connectivity index (χ0) is 13.6. The van der Waals surface area contributed by atoms with Crippen molar-refractivity contribution in [2.24, 2.45) is 0 Å². The molecule has 0 radical (unpaired) electrons. The number of allylic oxidation sites excluding steroid dienone is 2. The molecule has 0 heterocycles. The van der Waals surface area contributed by atoms with E-state index in [0.29, 0.717) is 0 Å². The van der Waals surface area contributed by atoms with Crippen molar-refractivity contribution in [3.8, 4) is 0 Å². The van der Waals surface area contributed by atoms with Crippen molar-refractivity contribution in [3.63, 3.8) is 0 Å². The molecule has 0 aliphatic heterocycles. The van der Waals surface area contributed by atoms with E-state index in [1.54, 1.807) is 0 Å². The summed E-state index contributed by atoms with van der Waals surface area (Å²) in [6.45, 7) is 0. The van der Waals surface area contributed by atoms with Crippen molar-refractivity contribution in [2.45, 2.75) is 6.42 Å². The van der Waals surface area contributed by atoms with Gasteiger partial charge in [0.1, 0.15) is 0 Å². The lowest BCUT2D eigenvalue weighted by Crippen LogP contribution is -2.25. The lowest BCUT2D eigenvalue weighted by atomic mass is 10.3. The second-order valence-corrected chi connectivity index (χ2v) is 4.94. The average Bonchev–Trinajstić information content (AvgIpc) is 2.14. The highest BCUT2D eigenvalue weighted by Crippen LogP contribution is 2.07. The van der Waals surface area contributed by atoms with Gasteiger partial charge in [-0.2, -0.15) is 0 Å². The minimum atomic E-state index is 0.928. The normalized spacial score (nSPS) is 9.41. The Kier molecular flexibility index (Phi) is 6.54. The van der Waals surface area contributed by atoms with E-state index in [1.165, 1.54) is 11.6 Å². The number of rotatable bonds is 6. The van der Waals surface area contributed by atoms with E-state index in [9.17, 15) is 0 Å². The fraction of sp³-hybridized carbons (Fsp3) is 0.692. The first kappa shape index (κ1) is 15.7. The fourth-order valence-corrected chi connectivity index (χ4v) is 1.80. The maximum atomic E-state index is 2.23. The molecular formula is C13H28N4. The number of hydrogen-bond acceptors (Lipinski definition) is 4. The molecule has 0 fully saturated rings. The first-order chi connectivity index (χ1) is 7.77. The minimum Gasteiger partial charge on any atom is -0.365 e. The fourth-order valence-electron chi connectivity index (χ4n) is 1.80. The van der Waals surface area contributed by atoms with Gasteiger partial charge in [-0.25, -0.2) is 0 Å². The van der Waals surface area contributed by atoms with Gasteiger partial charge in [0.05, 0.1) is 11.6 Å². The van der Waals surface area contributed by atoms with Crippen LogP contribution in [0.15, 0.2) is 23.8 Å². The van der Waals surface area contributed by atoms with Gasteiger partial charge < -0.3 is 19.6 Å². The summed E-state index contributed by atoms with van der Waals surface area (Å²) in [4.78, 5) is 8.50. The highest BCUT2D eigenvalue weighted by Gasteiger charge is 2.03. The van der Waals surface area contributed by atoms with Gasteiger partial charge in [0.25, 0.3) is 0 Å². The molecule has 0 N–H and O–H groups in total. The molecule has 0 saturated carbocycles. The predicted octanol–water partition coefficient (Wildman–Crippen LogP) is 1.31. The molecule has 0 aliphatic rings. The molecule has 0 aliphatic carbocycles. The van der Waals surface area contributed by atoms with Gasteiger partial charge in [0, 0.05) is 56.4 Å². The Morgan fingerprint density at radius 3 is 1.00 bits per heavy atom. The van der Waals surface area contributed by atoms with E-state index < -0.39 is 0 Å². The van der Waals surface area contributed by atoms with Gasteiger partial charge in [0.15, 0.2) is 0 Å². The van der Waals surface area contributed by atoms with Crippen molar-refractivity contribution >= 4 is 0 Å². The van der Waals surface area contributed by atoms with Crippen LogP contribution in [0.3, 0.4) is 0 Å². The molecule has 4 nitrogen and oxygen atoms in total. The minimum absolute atomic E-state index is 0.928. The summed E-state index contributed by atoms with van der Waals surface area (Å²) in [6.07, 6.45) is 5.39. The van der Waals surface area contributed by atoms with E-state index in [-0.39, 0.29) is 0 Å². The molecule has 0 saturated heterocycles. The van der Waals surface area contributed by atoms with Crippen LogP contribution < -0.4 is 0 Å². The van der Waals surface area contributed by atoms with Gasteiger partial charge in [-0.05, 0) is 18.6 Å². The molecule has 0 bridgehead atoms. The molecule has 17 heavy (non-hydrogen) atoms. The third-order valence-electron chi connectivity index (χ3n) is 2.43. The van der Waals surface area contributed by atoms with Gasteiger partial charge in [0.2, 0.25) is 0 Å². The van der Waals surface area contributed by atoms with Crippen LogP contribution in [0.2, 0.25) is 0 Å². The summed E-state index contributed by atoms with van der Waals surface area (Å²) < 4.78 is 0. The monoisotopic (exact) mass is 240 g/mol. The Bertz CT molecular complexity index is 227. The first-order valence-electron chi connectivity index (χ1n) is 5.87. The summed E-state index contributed by atoms with van der Waals surface area (Å²) >= 11 is 0. The molecule has 0 unspecified atom stereocenters. The summed E-state index contributed by atoms with van der Waals surface area (Å²) in [5.41, 5.74) is 0.